The molecule has 0 bridgehead atoms. The Labute approximate surface area is 246 Å². The second-order valence-electron chi connectivity index (χ2n) is 11.6. The van der Waals surface area contributed by atoms with Gasteiger partial charge in [0.15, 0.2) is 0 Å². The molecule has 1 saturated carbocycles. The van der Waals surface area contributed by atoms with Crippen LogP contribution in [0.4, 0.5) is 5.69 Å². The first-order valence-corrected chi connectivity index (χ1v) is 14.5. The predicted octanol–water partition coefficient (Wildman–Crippen LogP) is 4.39. The first-order valence-electron chi connectivity index (χ1n) is 14.5. The second-order valence-corrected chi connectivity index (χ2v) is 11.6. The van der Waals surface area contributed by atoms with Gasteiger partial charge in [-0.05, 0) is 106 Å². The van der Waals surface area contributed by atoms with Gasteiger partial charge in [0, 0.05) is 53.7 Å². The van der Waals surface area contributed by atoms with Gasteiger partial charge in [0.1, 0.15) is 0 Å². The van der Waals surface area contributed by atoms with Crippen LogP contribution < -0.4 is 15.8 Å². The topological polar surface area (TPSA) is 123 Å². The quantitative estimate of drug-likeness (QED) is 0.288. The van der Waals surface area contributed by atoms with Gasteiger partial charge in [0.05, 0.1) is 0 Å². The van der Waals surface area contributed by atoms with Crippen molar-refractivity contribution in [2.24, 2.45) is 0 Å². The molecule has 0 radical (unpaired) electrons. The van der Waals surface area contributed by atoms with Crippen molar-refractivity contribution in [2.45, 2.75) is 65.1 Å². The standard InChI is InChI=1S/C32H40N8O2/c1-19-15-20(2)34-32(42)28(19)18-33-31(41)27-16-24(22-7-9-23(10-8-22)30-35-37-38-36-30)17-29(21(27)3)40(6)26-13-11-25(12-14-26)39(4)5/h7-10,15-17,25-26H,11-14,18H2,1-6H3,(H,33,41)(H,34,42)(H,35,36,37,38). The van der Waals surface area contributed by atoms with Gasteiger partial charge in [0.2, 0.25) is 5.82 Å². The fraction of sp³-hybridized carbons (Fsp3) is 0.406. The molecule has 4 aromatic rings. The predicted molar refractivity (Wildman–Crippen MR) is 166 cm³/mol. The van der Waals surface area contributed by atoms with E-state index in [-0.39, 0.29) is 18.0 Å². The number of aromatic nitrogens is 5. The van der Waals surface area contributed by atoms with Crippen LogP contribution in [0.15, 0.2) is 47.3 Å². The van der Waals surface area contributed by atoms with Crippen molar-refractivity contribution in [1.82, 2.24) is 35.8 Å². The first-order chi connectivity index (χ1) is 20.1. The zero-order chi connectivity index (χ0) is 30.0. The minimum absolute atomic E-state index is 0.156. The lowest BCUT2D eigenvalue weighted by Crippen LogP contribution is -2.40. The van der Waals surface area contributed by atoms with Crippen LogP contribution in [0.3, 0.4) is 0 Å². The van der Waals surface area contributed by atoms with Crippen LogP contribution in [0, 0.1) is 20.8 Å². The molecule has 1 aliphatic rings. The zero-order valence-corrected chi connectivity index (χ0v) is 25.3. The number of hydrogen-bond donors (Lipinski definition) is 3. The Hall–Kier alpha value is -4.31. The smallest absolute Gasteiger partial charge is 0.253 e. The Morgan fingerprint density at radius 2 is 1.60 bits per heavy atom. The number of H-pyrrole nitrogens is 2. The van der Waals surface area contributed by atoms with Crippen LogP contribution in [-0.2, 0) is 6.54 Å². The summed E-state index contributed by atoms with van der Waals surface area (Å²) in [6.45, 7) is 5.92. The zero-order valence-electron chi connectivity index (χ0n) is 25.3. The molecule has 42 heavy (non-hydrogen) atoms. The summed E-state index contributed by atoms with van der Waals surface area (Å²) < 4.78 is 0. The van der Waals surface area contributed by atoms with Crippen molar-refractivity contribution in [3.8, 4) is 22.5 Å². The molecule has 3 N–H and O–H groups in total. The molecule has 0 unspecified atom stereocenters. The molecule has 10 nitrogen and oxygen atoms in total. The first kappa shape index (κ1) is 29.2. The van der Waals surface area contributed by atoms with Crippen molar-refractivity contribution in [3.63, 3.8) is 0 Å². The van der Waals surface area contributed by atoms with Crippen LogP contribution in [0.5, 0.6) is 0 Å². The summed E-state index contributed by atoms with van der Waals surface area (Å²) in [6, 6.07) is 15.0. The Morgan fingerprint density at radius 3 is 2.21 bits per heavy atom. The summed E-state index contributed by atoms with van der Waals surface area (Å²) in [5, 5.41) is 17.3. The lowest BCUT2D eigenvalue weighted by molar-refractivity contribution is 0.0950. The number of benzene rings is 2. The van der Waals surface area contributed by atoms with E-state index in [1.54, 1.807) is 0 Å². The Balaban J connectivity index is 1.48. The molecule has 1 aliphatic carbocycles. The van der Waals surface area contributed by atoms with Gasteiger partial charge in [-0.15, -0.1) is 10.2 Å². The van der Waals surface area contributed by atoms with E-state index in [9.17, 15) is 9.59 Å². The highest BCUT2D eigenvalue weighted by molar-refractivity contribution is 5.99. The highest BCUT2D eigenvalue weighted by Crippen LogP contribution is 2.35. The monoisotopic (exact) mass is 568 g/mol. The lowest BCUT2D eigenvalue weighted by Gasteiger charge is -2.39. The van der Waals surface area contributed by atoms with E-state index in [1.165, 1.54) is 0 Å². The number of rotatable bonds is 8. The van der Waals surface area contributed by atoms with Gasteiger partial charge < -0.3 is 20.1 Å². The van der Waals surface area contributed by atoms with Gasteiger partial charge in [-0.3, -0.25) is 9.59 Å². The second kappa shape index (κ2) is 12.3. The van der Waals surface area contributed by atoms with Crippen LogP contribution in [0.1, 0.15) is 58.4 Å². The van der Waals surface area contributed by atoms with Crippen LogP contribution in [0.2, 0.25) is 0 Å². The normalized spacial score (nSPS) is 16.9. The summed E-state index contributed by atoms with van der Waals surface area (Å²) in [7, 11) is 6.45. The molecule has 0 spiro atoms. The minimum atomic E-state index is -0.205. The number of pyridine rings is 1. The van der Waals surface area contributed by atoms with E-state index >= 15 is 0 Å². The molecule has 220 valence electrons. The average molecular weight is 569 g/mol. The van der Waals surface area contributed by atoms with Crippen molar-refractivity contribution < 1.29 is 4.79 Å². The number of amides is 1. The summed E-state index contributed by atoms with van der Waals surface area (Å²) in [6.07, 6.45) is 4.49. The molecule has 1 fully saturated rings. The third-order valence-electron chi connectivity index (χ3n) is 8.69. The molecule has 0 saturated heterocycles. The third-order valence-corrected chi connectivity index (χ3v) is 8.69. The van der Waals surface area contributed by atoms with Crippen molar-refractivity contribution in [3.05, 3.63) is 80.8 Å². The summed E-state index contributed by atoms with van der Waals surface area (Å²) >= 11 is 0. The maximum Gasteiger partial charge on any atom is 0.253 e. The Kier molecular flexibility index (Phi) is 8.54. The van der Waals surface area contributed by atoms with Gasteiger partial charge in [-0.25, -0.2) is 0 Å². The van der Waals surface area contributed by atoms with Gasteiger partial charge in [0.25, 0.3) is 11.5 Å². The summed E-state index contributed by atoms with van der Waals surface area (Å²) in [5.74, 6) is 0.323. The van der Waals surface area contributed by atoms with Crippen molar-refractivity contribution in [2.75, 3.05) is 26.0 Å². The fourth-order valence-electron chi connectivity index (χ4n) is 6.09. The molecule has 2 aromatic heterocycles. The number of hydrogen-bond acceptors (Lipinski definition) is 7. The maximum absolute atomic E-state index is 13.7. The van der Waals surface area contributed by atoms with E-state index in [2.05, 4.69) is 67.9 Å². The van der Waals surface area contributed by atoms with Gasteiger partial charge in [-0.1, -0.05) is 24.3 Å². The number of nitrogens with zero attached hydrogens (tertiary/aromatic N) is 5. The molecule has 0 aliphatic heterocycles. The molecule has 2 aromatic carbocycles. The van der Waals surface area contributed by atoms with E-state index in [0.717, 1.165) is 64.9 Å². The molecule has 10 heteroatoms. The lowest BCUT2D eigenvalue weighted by atomic mass is 9.88. The van der Waals surface area contributed by atoms with E-state index in [4.69, 9.17) is 0 Å². The number of nitrogens with one attached hydrogen (secondary N) is 3. The SMILES string of the molecule is Cc1cc(C)c(CNC(=O)c2cc(-c3ccc(-c4nn[nH]n4)cc3)cc(N(C)C3CCC(N(C)C)CC3)c2C)c(=O)[nH]1. The van der Waals surface area contributed by atoms with Crippen molar-refractivity contribution >= 4 is 11.6 Å². The van der Waals surface area contributed by atoms with Gasteiger partial charge >= 0.3 is 0 Å². The molecule has 0 atom stereocenters. The van der Waals surface area contributed by atoms with E-state index in [1.807, 2.05) is 57.2 Å². The molecular formula is C32H40N8O2. The highest BCUT2D eigenvalue weighted by Gasteiger charge is 2.27. The highest BCUT2D eigenvalue weighted by atomic mass is 16.1. The third kappa shape index (κ3) is 6.13. The fourth-order valence-corrected chi connectivity index (χ4v) is 6.09. The number of carbonyl (C=O) groups excluding carboxylic acids is 1. The number of anilines is 1. The van der Waals surface area contributed by atoms with Crippen molar-refractivity contribution in [1.29, 1.82) is 0 Å². The maximum atomic E-state index is 13.7. The van der Waals surface area contributed by atoms with Gasteiger partial charge in [-0.2, -0.15) is 5.21 Å². The Morgan fingerprint density at radius 1 is 0.929 bits per heavy atom. The van der Waals surface area contributed by atoms with E-state index < -0.39 is 0 Å². The van der Waals surface area contributed by atoms with E-state index in [0.29, 0.717) is 29.0 Å². The van der Waals surface area contributed by atoms with Crippen LogP contribution >= 0.6 is 0 Å². The molecular weight excluding hydrogens is 528 g/mol. The Bertz CT molecular complexity index is 1600. The molecule has 2 heterocycles. The number of carbonyl (C=O) groups is 1. The molecule has 1 amide bonds. The number of tetrazole rings is 1. The summed E-state index contributed by atoms with van der Waals surface area (Å²) in [4.78, 5) is 33.8. The largest absolute Gasteiger partial charge is 0.371 e. The average Bonchev–Trinajstić information content (AvgIpc) is 3.52. The van der Waals surface area contributed by atoms with Crippen LogP contribution in [-0.4, -0.2) is 69.6 Å². The summed E-state index contributed by atoms with van der Waals surface area (Å²) in [5.41, 5.74) is 7.39. The number of aryl methyl sites for hydroxylation is 2. The molecule has 5 rings (SSSR count). The van der Waals surface area contributed by atoms with Crippen LogP contribution in [0.25, 0.3) is 22.5 Å². The number of aromatic amines is 2. The minimum Gasteiger partial charge on any atom is -0.371 e.